The number of pyridine rings is 1. The zero-order valence-electron chi connectivity index (χ0n) is 21.5. The summed E-state index contributed by atoms with van der Waals surface area (Å²) in [7, 11) is 0. The quantitative estimate of drug-likeness (QED) is 0.483. The van der Waals surface area contributed by atoms with Crippen LogP contribution in [0.5, 0.6) is 17.2 Å². The van der Waals surface area contributed by atoms with Crippen molar-refractivity contribution in [1.29, 1.82) is 0 Å². The highest BCUT2D eigenvalue weighted by atomic mass is 16.6. The summed E-state index contributed by atoms with van der Waals surface area (Å²) in [6.45, 7) is 9.95. The number of esters is 1. The standard InChI is InChI=1S/C29H33NO6/c1-18-19(2)26-23(20(3)25(18)32)11-13-29(5,36-26)28(33)34-16-15-30-14-12-24(31)27(21(30)4)35-17-22-9-7-6-8-10-22/h6-10,12,14,32H,11,13,15-17H2,1-5H3. The Morgan fingerprint density at radius 2 is 1.81 bits per heavy atom. The van der Waals surface area contributed by atoms with E-state index >= 15 is 0 Å². The van der Waals surface area contributed by atoms with Crippen molar-refractivity contribution in [1.82, 2.24) is 4.57 Å². The van der Waals surface area contributed by atoms with E-state index in [0.29, 0.717) is 37.4 Å². The average molecular weight is 492 g/mol. The summed E-state index contributed by atoms with van der Waals surface area (Å²) in [6.07, 6.45) is 2.75. The van der Waals surface area contributed by atoms with Gasteiger partial charge in [0.25, 0.3) is 0 Å². The summed E-state index contributed by atoms with van der Waals surface area (Å²) >= 11 is 0. The van der Waals surface area contributed by atoms with Crippen LogP contribution in [0.3, 0.4) is 0 Å². The molecule has 7 nitrogen and oxygen atoms in total. The van der Waals surface area contributed by atoms with Gasteiger partial charge in [-0.25, -0.2) is 4.79 Å². The number of hydrogen-bond donors (Lipinski definition) is 1. The van der Waals surface area contributed by atoms with Gasteiger partial charge in [-0.05, 0) is 63.3 Å². The minimum Gasteiger partial charge on any atom is -0.507 e. The molecular weight excluding hydrogens is 458 g/mol. The van der Waals surface area contributed by atoms with E-state index in [1.807, 2.05) is 62.6 Å². The van der Waals surface area contributed by atoms with E-state index < -0.39 is 11.6 Å². The molecule has 2 heterocycles. The third-order valence-electron chi connectivity index (χ3n) is 7.13. The molecule has 1 N–H and O–H groups in total. The van der Waals surface area contributed by atoms with Crippen molar-refractivity contribution in [3.05, 3.63) is 86.3 Å². The van der Waals surface area contributed by atoms with Gasteiger partial charge in [-0.1, -0.05) is 30.3 Å². The second-order valence-electron chi connectivity index (χ2n) is 9.56. The van der Waals surface area contributed by atoms with E-state index in [9.17, 15) is 14.7 Å². The first-order valence-corrected chi connectivity index (χ1v) is 12.2. The number of phenols is 1. The summed E-state index contributed by atoms with van der Waals surface area (Å²) in [6, 6.07) is 11.1. The Labute approximate surface area is 211 Å². The summed E-state index contributed by atoms with van der Waals surface area (Å²) in [5.74, 6) is 0.793. The number of nitrogens with zero attached hydrogens (tertiary/aromatic N) is 1. The maximum absolute atomic E-state index is 13.1. The summed E-state index contributed by atoms with van der Waals surface area (Å²) in [5, 5.41) is 10.4. The number of phenolic OH excluding ortho intramolecular Hbond substituents is 1. The minimum atomic E-state index is -1.11. The number of aromatic hydroxyl groups is 1. The van der Waals surface area contributed by atoms with E-state index in [0.717, 1.165) is 27.8 Å². The Kier molecular flexibility index (Phi) is 7.11. The smallest absolute Gasteiger partial charge is 0.350 e. The van der Waals surface area contributed by atoms with E-state index in [-0.39, 0.29) is 23.5 Å². The Hall–Kier alpha value is -3.74. The van der Waals surface area contributed by atoms with E-state index in [4.69, 9.17) is 14.2 Å². The SMILES string of the molecule is Cc1c(C)c2c(c(C)c1O)CCC(C)(C(=O)OCCn1ccc(=O)c(OCc3ccccc3)c1C)O2. The van der Waals surface area contributed by atoms with Crippen LogP contribution < -0.4 is 14.9 Å². The molecule has 0 bridgehead atoms. The van der Waals surface area contributed by atoms with Crippen molar-refractivity contribution < 1.29 is 24.1 Å². The van der Waals surface area contributed by atoms with Gasteiger partial charge in [0.15, 0.2) is 5.75 Å². The fourth-order valence-electron chi connectivity index (χ4n) is 4.58. The highest BCUT2D eigenvalue weighted by Gasteiger charge is 2.42. The molecule has 0 saturated heterocycles. The third-order valence-corrected chi connectivity index (χ3v) is 7.13. The van der Waals surface area contributed by atoms with Crippen molar-refractivity contribution in [2.45, 2.75) is 66.2 Å². The fraction of sp³-hybridized carbons (Fsp3) is 0.379. The van der Waals surface area contributed by atoms with Gasteiger partial charge in [-0.15, -0.1) is 0 Å². The van der Waals surface area contributed by atoms with Gasteiger partial charge >= 0.3 is 5.97 Å². The Balaban J connectivity index is 1.41. The van der Waals surface area contributed by atoms with Crippen LogP contribution in [-0.2, 0) is 29.1 Å². The summed E-state index contributed by atoms with van der Waals surface area (Å²) in [5.41, 5.74) is 3.65. The molecule has 1 aliphatic rings. The van der Waals surface area contributed by atoms with Gasteiger partial charge in [0.1, 0.15) is 24.7 Å². The topological polar surface area (TPSA) is 87.0 Å². The van der Waals surface area contributed by atoms with Gasteiger partial charge < -0.3 is 23.9 Å². The molecule has 7 heteroatoms. The van der Waals surface area contributed by atoms with Crippen molar-refractivity contribution in [3.8, 4) is 17.2 Å². The molecule has 0 aliphatic carbocycles. The number of fused-ring (bicyclic) bond motifs is 1. The summed E-state index contributed by atoms with van der Waals surface area (Å²) in [4.78, 5) is 25.4. The molecule has 0 saturated carbocycles. The predicted molar refractivity (Wildman–Crippen MR) is 137 cm³/mol. The third kappa shape index (κ3) is 4.83. The van der Waals surface area contributed by atoms with Crippen molar-refractivity contribution in [2.75, 3.05) is 6.61 Å². The highest BCUT2D eigenvalue weighted by Crippen LogP contribution is 2.43. The molecule has 2 aromatic carbocycles. The van der Waals surface area contributed by atoms with Crippen LogP contribution in [0.2, 0.25) is 0 Å². The number of carbonyl (C=O) groups is 1. The van der Waals surface area contributed by atoms with Gasteiger partial charge in [0, 0.05) is 24.2 Å². The predicted octanol–water partition coefficient (Wildman–Crippen LogP) is 4.69. The summed E-state index contributed by atoms with van der Waals surface area (Å²) < 4.78 is 19.5. The van der Waals surface area contributed by atoms with Gasteiger partial charge in [-0.2, -0.15) is 0 Å². The number of ether oxygens (including phenoxy) is 3. The number of rotatable bonds is 7. The minimum absolute atomic E-state index is 0.124. The molecular formula is C29H33NO6. The number of hydrogen-bond acceptors (Lipinski definition) is 6. The van der Waals surface area contributed by atoms with Gasteiger partial charge in [-0.3, -0.25) is 4.79 Å². The lowest BCUT2D eigenvalue weighted by molar-refractivity contribution is -0.162. The zero-order valence-corrected chi connectivity index (χ0v) is 21.5. The van der Waals surface area contributed by atoms with Crippen LogP contribution in [-0.4, -0.2) is 27.9 Å². The first kappa shape index (κ1) is 25.4. The second-order valence-corrected chi connectivity index (χ2v) is 9.56. The van der Waals surface area contributed by atoms with Crippen LogP contribution in [0.1, 0.15) is 46.9 Å². The molecule has 1 aromatic heterocycles. The lowest BCUT2D eigenvalue weighted by Gasteiger charge is -2.36. The molecule has 1 aliphatic heterocycles. The van der Waals surface area contributed by atoms with E-state index in [1.54, 1.807) is 13.1 Å². The Morgan fingerprint density at radius 3 is 2.53 bits per heavy atom. The lowest BCUT2D eigenvalue weighted by Crippen LogP contribution is -2.46. The number of benzene rings is 2. The number of aromatic nitrogens is 1. The molecule has 1 atom stereocenters. The van der Waals surface area contributed by atoms with Crippen LogP contribution in [0.25, 0.3) is 0 Å². The molecule has 0 fully saturated rings. The van der Waals surface area contributed by atoms with Crippen LogP contribution in [0.4, 0.5) is 0 Å². The largest absolute Gasteiger partial charge is 0.507 e. The average Bonchev–Trinajstić information content (AvgIpc) is 2.88. The number of carbonyl (C=O) groups excluding carboxylic acids is 1. The fourth-order valence-corrected chi connectivity index (χ4v) is 4.58. The molecule has 4 rings (SSSR count). The van der Waals surface area contributed by atoms with E-state index in [2.05, 4.69) is 0 Å². The van der Waals surface area contributed by atoms with Gasteiger partial charge in [0.2, 0.25) is 11.0 Å². The maximum atomic E-state index is 13.1. The van der Waals surface area contributed by atoms with Crippen molar-refractivity contribution >= 4 is 5.97 Å². The normalized spacial score (nSPS) is 16.7. The lowest BCUT2D eigenvalue weighted by atomic mass is 9.87. The Morgan fingerprint density at radius 1 is 1.08 bits per heavy atom. The molecule has 0 spiro atoms. The van der Waals surface area contributed by atoms with Crippen molar-refractivity contribution in [3.63, 3.8) is 0 Å². The molecule has 3 aromatic rings. The first-order valence-electron chi connectivity index (χ1n) is 12.2. The molecule has 0 radical (unpaired) electrons. The highest BCUT2D eigenvalue weighted by molar-refractivity contribution is 5.80. The monoisotopic (exact) mass is 491 g/mol. The first-order chi connectivity index (χ1) is 17.1. The van der Waals surface area contributed by atoms with E-state index in [1.165, 1.54) is 6.07 Å². The van der Waals surface area contributed by atoms with Crippen LogP contribution in [0.15, 0.2) is 47.4 Å². The maximum Gasteiger partial charge on any atom is 0.350 e. The van der Waals surface area contributed by atoms with Gasteiger partial charge in [0.05, 0.1) is 12.2 Å². The molecule has 0 amide bonds. The molecule has 36 heavy (non-hydrogen) atoms. The Bertz CT molecular complexity index is 1340. The van der Waals surface area contributed by atoms with Crippen LogP contribution in [0, 0.1) is 27.7 Å². The van der Waals surface area contributed by atoms with Crippen molar-refractivity contribution in [2.24, 2.45) is 0 Å². The molecule has 1 unspecified atom stereocenters. The second kappa shape index (κ2) is 10.1. The van der Waals surface area contributed by atoms with Crippen LogP contribution >= 0.6 is 0 Å². The zero-order chi connectivity index (χ0) is 26.0. The molecule has 190 valence electrons.